The molecule has 2 aromatic rings. The van der Waals surface area contributed by atoms with E-state index in [9.17, 15) is 14.7 Å². The lowest BCUT2D eigenvalue weighted by molar-refractivity contribution is -0.141. The third-order valence-electron chi connectivity index (χ3n) is 4.35. The number of methoxy groups -OCH3 is 1. The summed E-state index contributed by atoms with van der Waals surface area (Å²) in [7, 11) is 1.45. The van der Waals surface area contributed by atoms with Gasteiger partial charge in [-0.05, 0) is 17.7 Å². The molecule has 1 fully saturated rings. The van der Waals surface area contributed by atoms with Crippen LogP contribution < -0.4 is 4.74 Å². The van der Waals surface area contributed by atoms with E-state index in [0.717, 1.165) is 5.56 Å². The molecule has 6 nitrogen and oxygen atoms in total. The molecule has 3 rings (SSSR count). The third kappa shape index (κ3) is 2.95. The second kappa shape index (κ2) is 6.70. The zero-order valence-corrected chi connectivity index (χ0v) is 13.3. The number of carboxylic acid groups (broad SMARTS) is 1. The Morgan fingerprint density at radius 3 is 2.58 bits per heavy atom. The standard InChI is InChI=1S/C18H18N2O4/c1-24-16-13(8-5-9-19-16)17(21)20-10-14(15(11-20)18(22)23)12-6-3-2-4-7-12/h2-9,14-15H,10-11H2,1H3,(H,22,23). The van der Waals surface area contributed by atoms with Crippen molar-refractivity contribution in [3.8, 4) is 5.88 Å². The second-order valence-corrected chi connectivity index (χ2v) is 5.73. The van der Waals surface area contributed by atoms with Gasteiger partial charge < -0.3 is 14.7 Å². The minimum Gasteiger partial charge on any atom is -0.481 e. The summed E-state index contributed by atoms with van der Waals surface area (Å²) in [5, 5.41) is 9.54. The number of hydrogen-bond acceptors (Lipinski definition) is 4. The topological polar surface area (TPSA) is 79.7 Å². The molecule has 6 heteroatoms. The number of ether oxygens (including phenoxy) is 1. The number of likely N-dealkylation sites (tertiary alicyclic amines) is 1. The van der Waals surface area contributed by atoms with Crippen molar-refractivity contribution in [2.24, 2.45) is 5.92 Å². The molecule has 0 radical (unpaired) electrons. The number of carboxylic acids is 1. The number of amides is 1. The van der Waals surface area contributed by atoms with Crippen LogP contribution in [0.3, 0.4) is 0 Å². The van der Waals surface area contributed by atoms with Crippen LogP contribution in [0.1, 0.15) is 21.8 Å². The Kier molecular flexibility index (Phi) is 4.46. The Labute approximate surface area is 139 Å². The van der Waals surface area contributed by atoms with Gasteiger partial charge in [-0.25, -0.2) is 4.98 Å². The molecule has 24 heavy (non-hydrogen) atoms. The van der Waals surface area contributed by atoms with Crippen LogP contribution in [0, 0.1) is 5.92 Å². The fourth-order valence-electron chi connectivity index (χ4n) is 3.14. The van der Waals surface area contributed by atoms with E-state index in [2.05, 4.69) is 4.98 Å². The molecule has 1 amide bonds. The average Bonchev–Trinajstić information content (AvgIpc) is 3.07. The summed E-state index contributed by atoms with van der Waals surface area (Å²) in [6.45, 7) is 0.531. The first-order chi connectivity index (χ1) is 11.6. The quantitative estimate of drug-likeness (QED) is 0.930. The van der Waals surface area contributed by atoms with Gasteiger partial charge in [0, 0.05) is 25.2 Å². The smallest absolute Gasteiger partial charge is 0.308 e. The van der Waals surface area contributed by atoms with Crippen LogP contribution in [0.25, 0.3) is 0 Å². The fraction of sp³-hybridized carbons (Fsp3) is 0.278. The number of pyridine rings is 1. The second-order valence-electron chi connectivity index (χ2n) is 5.73. The van der Waals surface area contributed by atoms with Crippen molar-refractivity contribution >= 4 is 11.9 Å². The molecular weight excluding hydrogens is 308 g/mol. The summed E-state index contributed by atoms with van der Waals surface area (Å²) in [6.07, 6.45) is 1.55. The normalized spacial score (nSPS) is 20.0. The van der Waals surface area contributed by atoms with E-state index in [-0.39, 0.29) is 24.2 Å². The number of hydrogen-bond donors (Lipinski definition) is 1. The number of aliphatic carboxylic acids is 1. The van der Waals surface area contributed by atoms with Gasteiger partial charge in [-0.1, -0.05) is 30.3 Å². The van der Waals surface area contributed by atoms with Crippen LogP contribution in [-0.4, -0.2) is 47.1 Å². The van der Waals surface area contributed by atoms with E-state index in [1.807, 2.05) is 30.3 Å². The molecule has 0 saturated carbocycles. The van der Waals surface area contributed by atoms with E-state index >= 15 is 0 Å². The summed E-state index contributed by atoms with van der Waals surface area (Å²) >= 11 is 0. The Hall–Kier alpha value is -2.89. The molecule has 1 N–H and O–H groups in total. The number of aromatic nitrogens is 1. The van der Waals surface area contributed by atoms with Crippen molar-refractivity contribution in [3.05, 3.63) is 59.8 Å². The predicted molar refractivity (Wildman–Crippen MR) is 87.0 cm³/mol. The monoisotopic (exact) mass is 326 g/mol. The van der Waals surface area contributed by atoms with Gasteiger partial charge in [0.1, 0.15) is 5.56 Å². The molecule has 1 aromatic carbocycles. The molecule has 124 valence electrons. The minimum absolute atomic E-state index is 0.172. The van der Waals surface area contributed by atoms with Crippen molar-refractivity contribution in [1.29, 1.82) is 0 Å². The van der Waals surface area contributed by atoms with Crippen LogP contribution in [0.2, 0.25) is 0 Å². The van der Waals surface area contributed by atoms with E-state index < -0.39 is 11.9 Å². The Bertz CT molecular complexity index is 748. The van der Waals surface area contributed by atoms with E-state index in [0.29, 0.717) is 12.1 Å². The molecular formula is C18H18N2O4. The lowest BCUT2D eigenvalue weighted by atomic mass is 9.89. The number of benzene rings is 1. The maximum atomic E-state index is 12.8. The molecule has 0 aliphatic carbocycles. The lowest BCUT2D eigenvalue weighted by Gasteiger charge is -2.17. The summed E-state index contributed by atoms with van der Waals surface area (Å²) in [4.78, 5) is 30.0. The van der Waals surface area contributed by atoms with Gasteiger partial charge in [-0.2, -0.15) is 0 Å². The van der Waals surface area contributed by atoms with Crippen LogP contribution in [0.4, 0.5) is 0 Å². The Morgan fingerprint density at radius 1 is 1.17 bits per heavy atom. The first-order valence-electron chi connectivity index (χ1n) is 7.68. The zero-order valence-electron chi connectivity index (χ0n) is 13.3. The predicted octanol–water partition coefficient (Wildman–Crippen LogP) is 2.03. The Balaban J connectivity index is 1.88. The van der Waals surface area contributed by atoms with Gasteiger partial charge in [-0.15, -0.1) is 0 Å². The molecule has 1 aliphatic rings. The van der Waals surface area contributed by atoms with Crippen LogP contribution in [-0.2, 0) is 4.79 Å². The average molecular weight is 326 g/mol. The van der Waals surface area contributed by atoms with Crippen LogP contribution in [0.5, 0.6) is 5.88 Å². The van der Waals surface area contributed by atoms with E-state index in [1.165, 1.54) is 7.11 Å². The van der Waals surface area contributed by atoms with Crippen molar-refractivity contribution in [2.75, 3.05) is 20.2 Å². The first-order valence-corrected chi connectivity index (χ1v) is 7.68. The highest BCUT2D eigenvalue weighted by molar-refractivity contribution is 5.97. The summed E-state index contributed by atoms with van der Waals surface area (Å²) in [6, 6.07) is 12.7. The van der Waals surface area contributed by atoms with E-state index in [4.69, 9.17) is 4.74 Å². The molecule has 1 aliphatic heterocycles. The van der Waals surface area contributed by atoms with Crippen molar-refractivity contribution in [3.63, 3.8) is 0 Å². The fourth-order valence-corrected chi connectivity index (χ4v) is 3.14. The van der Waals surface area contributed by atoms with Crippen LogP contribution in [0.15, 0.2) is 48.7 Å². The lowest BCUT2D eigenvalue weighted by Crippen LogP contribution is -2.30. The highest BCUT2D eigenvalue weighted by Crippen LogP contribution is 2.34. The van der Waals surface area contributed by atoms with Gasteiger partial charge in [0.2, 0.25) is 5.88 Å². The van der Waals surface area contributed by atoms with Gasteiger partial charge in [0.15, 0.2) is 0 Å². The largest absolute Gasteiger partial charge is 0.481 e. The van der Waals surface area contributed by atoms with Gasteiger partial charge in [-0.3, -0.25) is 9.59 Å². The minimum atomic E-state index is -0.891. The molecule has 2 unspecified atom stereocenters. The summed E-state index contributed by atoms with van der Waals surface area (Å²) in [5.41, 5.74) is 1.27. The summed E-state index contributed by atoms with van der Waals surface area (Å²) < 4.78 is 5.14. The number of carbonyl (C=O) groups excluding carboxylic acids is 1. The number of carbonyl (C=O) groups is 2. The molecule has 2 heterocycles. The number of nitrogens with zero attached hydrogens (tertiary/aromatic N) is 2. The molecule has 0 bridgehead atoms. The SMILES string of the molecule is COc1ncccc1C(=O)N1CC(C(=O)O)C(c2ccccc2)C1. The summed E-state index contributed by atoms with van der Waals surface area (Å²) in [5.74, 6) is -1.76. The zero-order chi connectivity index (χ0) is 17.1. The van der Waals surface area contributed by atoms with Gasteiger partial charge >= 0.3 is 5.97 Å². The van der Waals surface area contributed by atoms with E-state index in [1.54, 1.807) is 23.2 Å². The molecule has 2 atom stereocenters. The first kappa shape index (κ1) is 16.0. The number of rotatable bonds is 4. The van der Waals surface area contributed by atoms with Gasteiger partial charge in [0.05, 0.1) is 13.0 Å². The highest BCUT2D eigenvalue weighted by Gasteiger charge is 2.41. The van der Waals surface area contributed by atoms with Crippen molar-refractivity contribution < 1.29 is 19.4 Å². The third-order valence-corrected chi connectivity index (χ3v) is 4.35. The maximum absolute atomic E-state index is 12.8. The van der Waals surface area contributed by atoms with Crippen molar-refractivity contribution in [1.82, 2.24) is 9.88 Å². The maximum Gasteiger partial charge on any atom is 0.308 e. The Morgan fingerprint density at radius 2 is 1.92 bits per heavy atom. The highest BCUT2D eigenvalue weighted by atomic mass is 16.5. The van der Waals surface area contributed by atoms with Crippen LogP contribution >= 0.6 is 0 Å². The molecule has 1 saturated heterocycles. The van der Waals surface area contributed by atoms with Gasteiger partial charge in [0.25, 0.3) is 5.91 Å². The molecule has 1 aromatic heterocycles. The van der Waals surface area contributed by atoms with Crippen molar-refractivity contribution in [2.45, 2.75) is 5.92 Å². The molecule has 0 spiro atoms.